The summed E-state index contributed by atoms with van der Waals surface area (Å²) in [4.78, 5) is 10.9. The molecular weight excluding hydrogens is 407 g/mol. The average Bonchev–Trinajstić information content (AvgIpc) is 2.90. The lowest BCUT2D eigenvalue weighted by Crippen LogP contribution is -2.48. The van der Waals surface area contributed by atoms with Gasteiger partial charge < -0.3 is 15.2 Å². The van der Waals surface area contributed by atoms with E-state index in [1.807, 2.05) is 0 Å². The van der Waals surface area contributed by atoms with Crippen molar-refractivity contribution in [2.75, 3.05) is 26.7 Å². The Hall–Kier alpha value is -1.16. The molecule has 0 atom stereocenters. The summed E-state index contributed by atoms with van der Waals surface area (Å²) in [5.74, 6) is 1.99. The number of aryl methyl sites for hydroxylation is 1. The standard InChI is InChI=1S/C15H26N6O.HI/c1-11(2)10-21-7-5-13(6-8-21)19-15(16-4)17-9-14-18-12(3)22-20-14;/h13H,1,5-10H2,2-4H3,(H2,16,17,19);1H. The van der Waals surface area contributed by atoms with Gasteiger partial charge in [0.05, 0.1) is 6.54 Å². The zero-order chi connectivity index (χ0) is 15.9. The van der Waals surface area contributed by atoms with Gasteiger partial charge in [-0.15, -0.1) is 24.0 Å². The summed E-state index contributed by atoms with van der Waals surface area (Å²) in [6.07, 6.45) is 2.21. The summed E-state index contributed by atoms with van der Waals surface area (Å²) >= 11 is 0. The Morgan fingerprint density at radius 2 is 2.13 bits per heavy atom. The van der Waals surface area contributed by atoms with E-state index in [2.05, 4.69) is 44.2 Å². The smallest absolute Gasteiger partial charge is 0.223 e. The Kier molecular flexibility index (Phi) is 8.53. The molecule has 1 aromatic rings. The monoisotopic (exact) mass is 434 g/mol. The van der Waals surface area contributed by atoms with E-state index in [4.69, 9.17) is 4.52 Å². The summed E-state index contributed by atoms with van der Waals surface area (Å²) < 4.78 is 4.95. The average molecular weight is 434 g/mol. The second-order valence-corrected chi connectivity index (χ2v) is 5.81. The SMILES string of the molecule is C=C(C)CN1CCC(NC(=NC)NCc2noc(C)n2)CC1.I. The molecule has 7 nitrogen and oxygen atoms in total. The van der Waals surface area contributed by atoms with Crippen LogP contribution in [-0.2, 0) is 6.54 Å². The van der Waals surface area contributed by atoms with Crippen molar-refractivity contribution in [3.63, 3.8) is 0 Å². The number of likely N-dealkylation sites (tertiary alicyclic amines) is 1. The van der Waals surface area contributed by atoms with Gasteiger partial charge in [0.25, 0.3) is 0 Å². The van der Waals surface area contributed by atoms with E-state index in [0.717, 1.165) is 38.4 Å². The fourth-order valence-corrected chi connectivity index (χ4v) is 2.58. The maximum absolute atomic E-state index is 4.95. The van der Waals surface area contributed by atoms with Crippen LogP contribution in [0.2, 0.25) is 0 Å². The molecule has 8 heteroatoms. The van der Waals surface area contributed by atoms with Gasteiger partial charge in [-0.1, -0.05) is 17.3 Å². The Balaban J connectivity index is 0.00000264. The fraction of sp³-hybridized carbons (Fsp3) is 0.667. The van der Waals surface area contributed by atoms with Gasteiger partial charge in [-0.05, 0) is 19.8 Å². The van der Waals surface area contributed by atoms with E-state index in [-0.39, 0.29) is 24.0 Å². The van der Waals surface area contributed by atoms with Gasteiger partial charge in [0.2, 0.25) is 5.89 Å². The molecule has 1 saturated heterocycles. The minimum atomic E-state index is 0. The number of piperidine rings is 1. The van der Waals surface area contributed by atoms with Gasteiger partial charge in [-0.3, -0.25) is 9.89 Å². The molecule has 23 heavy (non-hydrogen) atoms. The molecule has 1 fully saturated rings. The second-order valence-electron chi connectivity index (χ2n) is 5.81. The molecule has 2 rings (SSSR count). The van der Waals surface area contributed by atoms with Crippen LogP contribution in [0, 0.1) is 6.92 Å². The maximum Gasteiger partial charge on any atom is 0.223 e. The van der Waals surface area contributed by atoms with Crippen LogP contribution in [0.3, 0.4) is 0 Å². The minimum absolute atomic E-state index is 0. The van der Waals surface area contributed by atoms with Crippen molar-refractivity contribution in [1.29, 1.82) is 0 Å². The highest BCUT2D eigenvalue weighted by atomic mass is 127. The molecule has 0 saturated carbocycles. The largest absolute Gasteiger partial charge is 0.354 e. The lowest BCUT2D eigenvalue weighted by atomic mass is 10.0. The molecule has 0 unspecified atom stereocenters. The fourth-order valence-electron chi connectivity index (χ4n) is 2.58. The molecule has 2 heterocycles. The van der Waals surface area contributed by atoms with Crippen LogP contribution in [-0.4, -0.2) is 53.7 Å². The van der Waals surface area contributed by atoms with E-state index < -0.39 is 0 Å². The van der Waals surface area contributed by atoms with Crippen molar-refractivity contribution < 1.29 is 4.52 Å². The van der Waals surface area contributed by atoms with Gasteiger partial charge in [0.15, 0.2) is 11.8 Å². The molecule has 1 aromatic heterocycles. The molecule has 0 radical (unpaired) electrons. The van der Waals surface area contributed by atoms with Crippen molar-refractivity contribution in [2.45, 2.75) is 39.3 Å². The second kappa shape index (κ2) is 9.86. The molecule has 0 spiro atoms. The maximum atomic E-state index is 4.95. The van der Waals surface area contributed by atoms with Crippen LogP contribution < -0.4 is 10.6 Å². The van der Waals surface area contributed by atoms with Crippen LogP contribution in [0.1, 0.15) is 31.5 Å². The van der Waals surface area contributed by atoms with Crippen molar-refractivity contribution >= 4 is 29.9 Å². The van der Waals surface area contributed by atoms with Crippen LogP contribution in [0.4, 0.5) is 0 Å². The molecule has 0 aromatic carbocycles. The predicted octanol–water partition coefficient (Wildman–Crippen LogP) is 1.70. The quantitative estimate of drug-likeness (QED) is 0.318. The number of aromatic nitrogens is 2. The van der Waals surface area contributed by atoms with Crippen molar-refractivity contribution in [3.05, 3.63) is 23.9 Å². The summed E-state index contributed by atoms with van der Waals surface area (Å²) in [6.45, 7) is 11.5. The topological polar surface area (TPSA) is 78.6 Å². The third-order valence-corrected chi connectivity index (χ3v) is 3.63. The Morgan fingerprint density at radius 1 is 1.43 bits per heavy atom. The highest BCUT2D eigenvalue weighted by Gasteiger charge is 2.19. The number of nitrogens with zero attached hydrogens (tertiary/aromatic N) is 4. The first-order valence-corrected chi connectivity index (χ1v) is 7.70. The summed E-state index contributed by atoms with van der Waals surface area (Å²) in [5.41, 5.74) is 1.22. The predicted molar refractivity (Wildman–Crippen MR) is 102 cm³/mol. The molecule has 1 aliphatic heterocycles. The summed E-state index contributed by atoms with van der Waals surface area (Å²) in [5, 5.41) is 10.5. The number of halogens is 1. The first-order chi connectivity index (χ1) is 10.6. The number of rotatable bonds is 5. The molecule has 1 aliphatic rings. The van der Waals surface area contributed by atoms with Crippen molar-refractivity contribution in [2.24, 2.45) is 4.99 Å². The summed E-state index contributed by atoms with van der Waals surface area (Å²) in [7, 11) is 1.77. The van der Waals surface area contributed by atoms with Gasteiger partial charge in [-0.25, -0.2) is 0 Å². The van der Waals surface area contributed by atoms with Gasteiger partial charge in [-0.2, -0.15) is 4.98 Å². The first kappa shape index (κ1) is 19.9. The lowest BCUT2D eigenvalue weighted by Gasteiger charge is -2.33. The minimum Gasteiger partial charge on any atom is -0.354 e. The molecule has 0 amide bonds. The zero-order valence-electron chi connectivity index (χ0n) is 14.1. The zero-order valence-corrected chi connectivity index (χ0v) is 16.5. The Labute approximate surface area is 155 Å². The number of hydrogen-bond donors (Lipinski definition) is 2. The van der Waals surface area contributed by atoms with Gasteiger partial charge in [0.1, 0.15) is 0 Å². The van der Waals surface area contributed by atoms with E-state index in [9.17, 15) is 0 Å². The van der Waals surface area contributed by atoms with Crippen LogP contribution in [0.25, 0.3) is 0 Å². The summed E-state index contributed by atoms with van der Waals surface area (Å²) in [6, 6.07) is 0.444. The lowest BCUT2D eigenvalue weighted by molar-refractivity contribution is 0.221. The third kappa shape index (κ3) is 6.86. The van der Waals surface area contributed by atoms with Crippen molar-refractivity contribution in [1.82, 2.24) is 25.7 Å². The molecule has 0 aliphatic carbocycles. The van der Waals surface area contributed by atoms with Crippen LogP contribution in [0.15, 0.2) is 21.7 Å². The van der Waals surface area contributed by atoms with Crippen LogP contribution >= 0.6 is 24.0 Å². The van der Waals surface area contributed by atoms with E-state index in [1.54, 1.807) is 14.0 Å². The number of hydrogen-bond acceptors (Lipinski definition) is 5. The number of aliphatic imine (C=N–C) groups is 1. The van der Waals surface area contributed by atoms with Gasteiger partial charge in [0, 0.05) is 39.6 Å². The molecule has 0 bridgehead atoms. The van der Waals surface area contributed by atoms with E-state index in [1.165, 1.54) is 5.57 Å². The van der Waals surface area contributed by atoms with E-state index in [0.29, 0.717) is 24.3 Å². The number of guanidine groups is 1. The molecule has 2 N–H and O–H groups in total. The van der Waals surface area contributed by atoms with Crippen LogP contribution in [0.5, 0.6) is 0 Å². The van der Waals surface area contributed by atoms with Crippen molar-refractivity contribution in [3.8, 4) is 0 Å². The normalized spacial score (nSPS) is 16.7. The van der Waals surface area contributed by atoms with Gasteiger partial charge >= 0.3 is 0 Å². The third-order valence-electron chi connectivity index (χ3n) is 3.63. The molecular formula is C15H27IN6O. The highest BCUT2D eigenvalue weighted by molar-refractivity contribution is 14.0. The Morgan fingerprint density at radius 3 is 2.65 bits per heavy atom. The molecule has 130 valence electrons. The Bertz CT molecular complexity index is 522. The first-order valence-electron chi connectivity index (χ1n) is 7.70. The highest BCUT2D eigenvalue weighted by Crippen LogP contribution is 2.11. The number of nitrogens with one attached hydrogen (secondary N) is 2. The van der Waals surface area contributed by atoms with E-state index >= 15 is 0 Å².